The lowest BCUT2D eigenvalue weighted by Gasteiger charge is -2.39. The first kappa shape index (κ1) is 52.8. The standard InChI is InChI=1S/C54H62ClFN6O8S/c1-32-25-41(26-35-9-18-42(55)19-10-35)43-27-40(17-20-44(43)62(32)34(3)63)37-13-15-39(16-14-37)51(66)57-21-22-69-23-24-70-30-46(65)60-50(54(4,5)6)53(68)61-29-45(64)47(56)48(61)52(67)58-28-36-7-11-38(12-8-36)49-33(2)59-31-71-49/h7-20,27,31-32,41,45,47-48,50,64H,21-26,28-30H2,1-6H3,(H,57,66)(H,58,67)(H,60,65)/t32-,41-,45-,47+,48-,50?/m0/s1. The van der Waals surface area contributed by atoms with Crippen molar-refractivity contribution < 1.29 is 42.9 Å². The Hall–Kier alpha value is -6.04. The molecule has 2 aliphatic heterocycles. The lowest BCUT2D eigenvalue weighted by atomic mass is 9.81. The molecule has 3 heterocycles. The van der Waals surface area contributed by atoms with Gasteiger partial charge in [-0.05, 0) is 108 Å². The minimum atomic E-state index is -2.03. The molecule has 4 aromatic carbocycles. The number of benzene rings is 4. The van der Waals surface area contributed by atoms with Gasteiger partial charge in [0, 0.05) is 42.3 Å². The number of alkyl halides is 1. The second-order valence-corrected chi connectivity index (χ2v) is 20.6. The highest BCUT2D eigenvalue weighted by Gasteiger charge is 2.50. The monoisotopic (exact) mass is 1010 g/mol. The van der Waals surface area contributed by atoms with E-state index in [-0.39, 0.29) is 56.7 Å². The highest BCUT2D eigenvalue weighted by Crippen LogP contribution is 2.42. The van der Waals surface area contributed by atoms with E-state index in [0.717, 1.165) is 61.8 Å². The molecule has 5 amide bonds. The highest BCUT2D eigenvalue weighted by atomic mass is 35.5. The van der Waals surface area contributed by atoms with Crippen LogP contribution in [0.1, 0.15) is 79.7 Å². The van der Waals surface area contributed by atoms with Gasteiger partial charge < -0.3 is 40.3 Å². The Kier molecular flexibility index (Phi) is 17.4. The summed E-state index contributed by atoms with van der Waals surface area (Å²) in [5.74, 6) is -2.14. The number of nitrogens with zero attached hydrogens (tertiary/aromatic N) is 3. The van der Waals surface area contributed by atoms with Crippen molar-refractivity contribution in [3.8, 4) is 21.6 Å². The zero-order chi connectivity index (χ0) is 51.0. The maximum absolute atomic E-state index is 15.4. The number of likely N-dealkylation sites (tertiary alicyclic amines) is 1. The van der Waals surface area contributed by atoms with Crippen molar-refractivity contribution in [2.24, 2.45) is 5.41 Å². The molecule has 7 rings (SSSR count). The number of hydrogen-bond donors (Lipinski definition) is 4. The molecule has 1 saturated heterocycles. The van der Waals surface area contributed by atoms with Crippen molar-refractivity contribution in [1.29, 1.82) is 0 Å². The lowest BCUT2D eigenvalue weighted by molar-refractivity contribution is -0.145. The first-order chi connectivity index (χ1) is 33.9. The largest absolute Gasteiger partial charge is 0.388 e. The number of carbonyl (C=O) groups excluding carboxylic acids is 5. The van der Waals surface area contributed by atoms with E-state index in [1.807, 2.05) is 84.6 Å². The van der Waals surface area contributed by atoms with Gasteiger partial charge in [0.15, 0.2) is 6.17 Å². The average molecular weight is 1010 g/mol. The van der Waals surface area contributed by atoms with Crippen LogP contribution >= 0.6 is 22.9 Å². The molecular formula is C54H62ClFN6O8S. The van der Waals surface area contributed by atoms with E-state index < -0.39 is 60.6 Å². The minimum absolute atomic E-state index is 0.00476. The van der Waals surface area contributed by atoms with Crippen molar-refractivity contribution in [3.05, 3.63) is 129 Å². The fourth-order valence-corrected chi connectivity index (χ4v) is 10.2. The molecule has 0 aliphatic carbocycles. The van der Waals surface area contributed by atoms with Crippen LogP contribution in [0, 0.1) is 12.3 Å². The number of fused-ring (bicyclic) bond motifs is 1. The normalized spacial score (nSPS) is 19.2. The second-order valence-electron chi connectivity index (χ2n) is 19.3. The van der Waals surface area contributed by atoms with Crippen LogP contribution in [0.3, 0.4) is 0 Å². The number of aromatic nitrogens is 1. The van der Waals surface area contributed by atoms with E-state index >= 15 is 4.39 Å². The van der Waals surface area contributed by atoms with Gasteiger partial charge in [0.2, 0.25) is 23.6 Å². The van der Waals surface area contributed by atoms with Gasteiger partial charge in [0.1, 0.15) is 24.8 Å². The Bertz CT molecular complexity index is 2680. The van der Waals surface area contributed by atoms with E-state index in [2.05, 4.69) is 33.9 Å². The molecule has 5 aromatic rings. The number of carbonyl (C=O) groups is 5. The summed E-state index contributed by atoms with van der Waals surface area (Å²) in [4.78, 5) is 74.3. The van der Waals surface area contributed by atoms with Crippen LogP contribution in [0.5, 0.6) is 0 Å². The van der Waals surface area contributed by atoms with Gasteiger partial charge in [-0.2, -0.15) is 0 Å². The number of anilines is 1. The number of rotatable bonds is 18. The van der Waals surface area contributed by atoms with Crippen molar-refractivity contribution >= 4 is 58.2 Å². The number of nitrogens with one attached hydrogen (secondary N) is 3. The first-order valence-corrected chi connectivity index (χ1v) is 25.1. The Labute approximate surface area is 423 Å². The smallest absolute Gasteiger partial charge is 0.251 e. The van der Waals surface area contributed by atoms with Crippen LogP contribution < -0.4 is 20.9 Å². The first-order valence-electron chi connectivity index (χ1n) is 23.8. The van der Waals surface area contributed by atoms with E-state index in [9.17, 15) is 29.1 Å². The zero-order valence-electron chi connectivity index (χ0n) is 40.9. The molecule has 0 radical (unpaired) electrons. The van der Waals surface area contributed by atoms with Crippen molar-refractivity contribution in [1.82, 2.24) is 25.8 Å². The molecule has 14 nitrogen and oxygen atoms in total. The highest BCUT2D eigenvalue weighted by molar-refractivity contribution is 7.13. The van der Waals surface area contributed by atoms with Gasteiger partial charge in [-0.3, -0.25) is 24.0 Å². The third-order valence-electron chi connectivity index (χ3n) is 12.9. The zero-order valence-corrected chi connectivity index (χ0v) is 42.4. The van der Waals surface area contributed by atoms with Gasteiger partial charge in [0.25, 0.3) is 5.91 Å². The molecule has 0 saturated carbocycles. The maximum atomic E-state index is 15.4. The van der Waals surface area contributed by atoms with Gasteiger partial charge >= 0.3 is 0 Å². The van der Waals surface area contributed by atoms with Crippen LogP contribution in [-0.4, -0.2) is 114 Å². The summed E-state index contributed by atoms with van der Waals surface area (Å²) in [5.41, 5.74) is 9.17. The van der Waals surface area contributed by atoms with Gasteiger partial charge in [0.05, 0.1) is 42.4 Å². The number of halogens is 2. The summed E-state index contributed by atoms with van der Waals surface area (Å²) in [6.07, 6.45) is -1.98. The third kappa shape index (κ3) is 13.1. The van der Waals surface area contributed by atoms with Crippen LogP contribution in [0.15, 0.2) is 96.5 Å². The second kappa shape index (κ2) is 23.5. The quantitative estimate of drug-likeness (QED) is 0.0650. The summed E-state index contributed by atoms with van der Waals surface area (Å²) in [6, 6.07) is 26.2. The number of amides is 5. The summed E-state index contributed by atoms with van der Waals surface area (Å²) in [7, 11) is 0. The summed E-state index contributed by atoms with van der Waals surface area (Å²) >= 11 is 7.68. The topological polar surface area (TPSA) is 180 Å². The summed E-state index contributed by atoms with van der Waals surface area (Å²) in [6.45, 7) is 10.6. The van der Waals surface area contributed by atoms with Crippen LogP contribution in [-0.2, 0) is 41.6 Å². The summed E-state index contributed by atoms with van der Waals surface area (Å²) in [5, 5.41) is 19.4. The molecule has 376 valence electrons. The van der Waals surface area contributed by atoms with E-state index in [4.69, 9.17) is 21.1 Å². The Balaban J connectivity index is 0.836. The molecule has 4 N–H and O–H groups in total. The van der Waals surface area contributed by atoms with E-state index in [1.54, 1.807) is 45.3 Å². The molecule has 71 heavy (non-hydrogen) atoms. The van der Waals surface area contributed by atoms with Crippen LogP contribution in [0.4, 0.5) is 10.1 Å². The van der Waals surface area contributed by atoms with Gasteiger partial charge in [-0.1, -0.05) is 87.0 Å². The number of β-amino-alcohol motifs (C(OH)–C–C–N with tert-alkyl or cyclic N) is 1. The van der Waals surface area contributed by atoms with Crippen molar-refractivity contribution in [3.63, 3.8) is 0 Å². The fourth-order valence-electron chi connectivity index (χ4n) is 9.25. The predicted octanol–water partition coefficient (Wildman–Crippen LogP) is 7.43. The van der Waals surface area contributed by atoms with Crippen molar-refractivity contribution in [2.75, 3.05) is 44.4 Å². The van der Waals surface area contributed by atoms with Crippen LogP contribution in [0.25, 0.3) is 21.6 Å². The SMILES string of the molecule is CC(=O)N1c2ccc(-c3ccc(C(=O)NCCOCCOCC(=O)NC(C(=O)N4C[C@H](O)[C@@H](F)[C@H]4C(=O)NCc4ccc(-c5scnc5C)cc4)C(C)(C)C)cc3)cc2[C@H](Cc2ccc(Cl)cc2)C[C@@H]1C. The third-order valence-corrected chi connectivity index (χ3v) is 14.2. The number of ether oxygens (including phenoxy) is 2. The molecule has 1 unspecified atom stereocenters. The Morgan fingerprint density at radius 1 is 0.887 bits per heavy atom. The molecule has 2 aliphatic rings. The van der Waals surface area contributed by atoms with E-state index in [1.165, 1.54) is 16.9 Å². The number of aliphatic hydroxyl groups is 1. The van der Waals surface area contributed by atoms with Gasteiger partial charge in [-0.15, -0.1) is 11.3 Å². The molecule has 17 heteroatoms. The molecule has 0 spiro atoms. The number of aliphatic hydroxyl groups excluding tert-OH is 1. The number of hydrogen-bond acceptors (Lipinski definition) is 10. The molecule has 1 aromatic heterocycles. The van der Waals surface area contributed by atoms with E-state index in [0.29, 0.717) is 10.6 Å². The lowest BCUT2D eigenvalue weighted by Crippen LogP contribution is -2.59. The Morgan fingerprint density at radius 3 is 2.21 bits per heavy atom. The predicted molar refractivity (Wildman–Crippen MR) is 273 cm³/mol. The molecular weight excluding hydrogens is 947 g/mol. The van der Waals surface area contributed by atoms with Crippen molar-refractivity contribution in [2.45, 2.75) is 97.2 Å². The van der Waals surface area contributed by atoms with Crippen LogP contribution in [0.2, 0.25) is 5.02 Å². The maximum Gasteiger partial charge on any atom is 0.251 e. The molecule has 0 bridgehead atoms. The number of thiazole rings is 1. The molecule has 6 atom stereocenters. The minimum Gasteiger partial charge on any atom is -0.388 e. The van der Waals surface area contributed by atoms with Gasteiger partial charge in [-0.25, -0.2) is 9.37 Å². The fraction of sp³-hybridized carbons (Fsp3) is 0.407. The molecule has 1 fully saturated rings. The average Bonchev–Trinajstić information content (AvgIpc) is 3.91. The Morgan fingerprint density at radius 2 is 1.55 bits per heavy atom. The number of aryl methyl sites for hydroxylation is 1. The summed E-state index contributed by atoms with van der Waals surface area (Å²) < 4.78 is 26.5.